The molecule has 0 radical (unpaired) electrons. The van der Waals surface area contributed by atoms with Crippen LogP contribution in [0.1, 0.15) is 32.3 Å². The zero-order valence-electron chi connectivity index (χ0n) is 13.3. The molecule has 0 heterocycles. The summed E-state index contributed by atoms with van der Waals surface area (Å²) in [5, 5.41) is 14.3. The van der Waals surface area contributed by atoms with Crippen molar-refractivity contribution in [2.75, 3.05) is 18.5 Å². The Morgan fingerprint density at radius 1 is 1.26 bits per heavy atom. The summed E-state index contributed by atoms with van der Waals surface area (Å²) < 4.78 is 38.6. The number of carbonyl (C=O) groups is 1. The maximum absolute atomic E-state index is 12.9. The van der Waals surface area contributed by atoms with Crippen molar-refractivity contribution >= 4 is 11.6 Å². The number of amides is 1. The molecule has 2 atom stereocenters. The third-order valence-electron chi connectivity index (χ3n) is 3.43. The first kappa shape index (κ1) is 19.4. The number of rotatable bonds is 8. The van der Waals surface area contributed by atoms with E-state index in [0.29, 0.717) is 13.0 Å². The van der Waals surface area contributed by atoms with Crippen LogP contribution in [-0.2, 0) is 11.0 Å². The summed E-state index contributed by atoms with van der Waals surface area (Å²) >= 11 is 0. The lowest BCUT2D eigenvalue weighted by Gasteiger charge is -2.18. The summed E-state index contributed by atoms with van der Waals surface area (Å²) in [6.45, 7) is 4.50. The molecule has 3 N–H and O–H groups in total. The number of para-hydroxylation sites is 1. The minimum Gasteiger partial charge on any atom is -0.396 e. The standard InChI is InChI=1S/C16H23F3N2O2/c1-11(7-8-22)10-20-12(2)9-15(23)21-14-6-4-3-5-13(14)16(17,18)19/h3-6,11-12,20,22H,7-10H2,1-2H3,(H,21,23). The maximum atomic E-state index is 12.9. The Labute approximate surface area is 134 Å². The first-order valence-corrected chi connectivity index (χ1v) is 7.54. The van der Waals surface area contributed by atoms with Crippen molar-refractivity contribution in [3.8, 4) is 0 Å². The van der Waals surface area contributed by atoms with Crippen molar-refractivity contribution in [1.82, 2.24) is 5.32 Å². The van der Waals surface area contributed by atoms with E-state index >= 15 is 0 Å². The molecule has 1 amide bonds. The van der Waals surface area contributed by atoms with Crippen molar-refractivity contribution in [2.24, 2.45) is 5.92 Å². The minimum absolute atomic E-state index is 0.0675. The molecule has 1 aromatic rings. The number of carbonyl (C=O) groups excluding carboxylic acids is 1. The van der Waals surface area contributed by atoms with Gasteiger partial charge in [-0.25, -0.2) is 0 Å². The van der Waals surface area contributed by atoms with Crippen molar-refractivity contribution in [2.45, 2.75) is 38.9 Å². The van der Waals surface area contributed by atoms with Crippen LogP contribution in [0.5, 0.6) is 0 Å². The quantitative estimate of drug-likeness (QED) is 0.686. The van der Waals surface area contributed by atoms with Crippen LogP contribution in [0, 0.1) is 5.92 Å². The van der Waals surface area contributed by atoms with Crippen LogP contribution in [0.3, 0.4) is 0 Å². The molecule has 0 saturated carbocycles. The number of halogens is 3. The zero-order valence-corrected chi connectivity index (χ0v) is 13.3. The fourth-order valence-electron chi connectivity index (χ4n) is 2.12. The van der Waals surface area contributed by atoms with Gasteiger partial charge in [0.1, 0.15) is 0 Å². The number of hydrogen-bond acceptors (Lipinski definition) is 3. The van der Waals surface area contributed by atoms with Gasteiger partial charge in [-0.3, -0.25) is 4.79 Å². The van der Waals surface area contributed by atoms with Gasteiger partial charge in [-0.2, -0.15) is 13.2 Å². The highest BCUT2D eigenvalue weighted by molar-refractivity contribution is 5.92. The van der Waals surface area contributed by atoms with Gasteiger partial charge < -0.3 is 15.7 Å². The highest BCUT2D eigenvalue weighted by Gasteiger charge is 2.33. The van der Waals surface area contributed by atoms with Gasteiger partial charge in [0.05, 0.1) is 11.3 Å². The molecular formula is C16H23F3N2O2. The van der Waals surface area contributed by atoms with Crippen LogP contribution in [0.15, 0.2) is 24.3 Å². The monoisotopic (exact) mass is 332 g/mol. The van der Waals surface area contributed by atoms with E-state index in [4.69, 9.17) is 5.11 Å². The second kappa shape index (κ2) is 8.88. The third-order valence-corrected chi connectivity index (χ3v) is 3.43. The lowest BCUT2D eigenvalue weighted by Crippen LogP contribution is -2.34. The Bertz CT molecular complexity index is 506. The number of benzene rings is 1. The smallest absolute Gasteiger partial charge is 0.396 e. The molecule has 0 aliphatic carbocycles. The molecule has 23 heavy (non-hydrogen) atoms. The van der Waals surface area contributed by atoms with Crippen LogP contribution in [0.4, 0.5) is 18.9 Å². The SMILES string of the molecule is CC(CCO)CNC(C)CC(=O)Nc1ccccc1C(F)(F)F. The van der Waals surface area contributed by atoms with Gasteiger partial charge >= 0.3 is 6.18 Å². The molecule has 0 aliphatic rings. The summed E-state index contributed by atoms with van der Waals surface area (Å²) in [6, 6.07) is 4.74. The van der Waals surface area contributed by atoms with E-state index < -0.39 is 17.6 Å². The Balaban J connectivity index is 2.54. The molecule has 0 spiro atoms. The molecular weight excluding hydrogens is 309 g/mol. The highest BCUT2D eigenvalue weighted by Crippen LogP contribution is 2.34. The van der Waals surface area contributed by atoms with E-state index in [9.17, 15) is 18.0 Å². The van der Waals surface area contributed by atoms with Crippen molar-refractivity contribution < 1.29 is 23.1 Å². The first-order chi connectivity index (χ1) is 10.7. The Kier molecular flexibility index (Phi) is 7.51. The first-order valence-electron chi connectivity index (χ1n) is 7.54. The van der Waals surface area contributed by atoms with Gasteiger partial charge in [0.15, 0.2) is 0 Å². The van der Waals surface area contributed by atoms with Crippen molar-refractivity contribution in [3.63, 3.8) is 0 Å². The third kappa shape index (κ3) is 7.00. The van der Waals surface area contributed by atoms with Gasteiger partial charge in [0, 0.05) is 19.1 Å². The second-order valence-electron chi connectivity index (χ2n) is 5.72. The van der Waals surface area contributed by atoms with Gasteiger partial charge in [-0.1, -0.05) is 19.1 Å². The zero-order chi connectivity index (χ0) is 17.5. The molecule has 2 unspecified atom stereocenters. The van der Waals surface area contributed by atoms with Gasteiger partial charge in [-0.15, -0.1) is 0 Å². The molecule has 7 heteroatoms. The minimum atomic E-state index is -4.51. The molecule has 0 saturated heterocycles. The summed E-state index contributed by atoms with van der Waals surface area (Å²) in [5.74, 6) is -0.215. The molecule has 0 aromatic heterocycles. The molecule has 0 aliphatic heterocycles. The average Bonchev–Trinajstić information content (AvgIpc) is 2.44. The number of anilines is 1. The maximum Gasteiger partial charge on any atom is 0.418 e. The van der Waals surface area contributed by atoms with E-state index in [2.05, 4.69) is 10.6 Å². The fraction of sp³-hybridized carbons (Fsp3) is 0.562. The largest absolute Gasteiger partial charge is 0.418 e. The molecule has 4 nitrogen and oxygen atoms in total. The molecule has 1 aromatic carbocycles. The lowest BCUT2D eigenvalue weighted by molar-refractivity contribution is -0.137. The van der Waals surface area contributed by atoms with E-state index in [-0.39, 0.29) is 30.7 Å². The van der Waals surface area contributed by atoms with E-state index in [0.717, 1.165) is 6.07 Å². The summed E-state index contributed by atoms with van der Waals surface area (Å²) in [5.41, 5.74) is -1.09. The molecule has 0 bridgehead atoms. The van der Waals surface area contributed by atoms with E-state index in [1.807, 2.05) is 6.92 Å². The lowest BCUT2D eigenvalue weighted by atomic mass is 10.1. The number of aliphatic hydroxyl groups excluding tert-OH is 1. The molecule has 0 fully saturated rings. The number of nitrogens with one attached hydrogen (secondary N) is 2. The van der Waals surface area contributed by atoms with Crippen molar-refractivity contribution in [3.05, 3.63) is 29.8 Å². The Hall–Kier alpha value is -1.60. The van der Waals surface area contributed by atoms with Crippen molar-refractivity contribution in [1.29, 1.82) is 0 Å². The number of hydrogen-bond donors (Lipinski definition) is 3. The normalized spacial score (nSPS) is 14.3. The topological polar surface area (TPSA) is 61.4 Å². The van der Waals surface area contributed by atoms with E-state index in [1.54, 1.807) is 6.92 Å². The predicted octanol–water partition coefficient (Wildman–Crippen LogP) is 3.03. The van der Waals surface area contributed by atoms with E-state index in [1.165, 1.54) is 18.2 Å². The Morgan fingerprint density at radius 2 is 1.91 bits per heavy atom. The Morgan fingerprint density at radius 3 is 2.52 bits per heavy atom. The highest BCUT2D eigenvalue weighted by atomic mass is 19.4. The van der Waals surface area contributed by atoms with Crippen LogP contribution in [0.25, 0.3) is 0 Å². The van der Waals surface area contributed by atoms with Crippen LogP contribution in [-0.4, -0.2) is 30.2 Å². The predicted molar refractivity (Wildman–Crippen MR) is 83.0 cm³/mol. The summed E-state index contributed by atoms with van der Waals surface area (Å²) in [4.78, 5) is 11.9. The van der Waals surface area contributed by atoms with Gasteiger partial charge in [0.25, 0.3) is 0 Å². The van der Waals surface area contributed by atoms with Gasteiger partial charge in [-0.05, 0) is 37.9 Å². The van der Waals surface area contributed by atoms with Crippen LogP contribution in [0.2, 0.25) is 0 Å². The summed E-state index contributed by atoms with van der Waals surface area (Å²) in [7, 11) is 0. The number of alkyl halides is 3. The number of aliphatic hydroxyl groups is 1. The summed E-state index contributed by atoms with van der Waals surface area (Å²) in [6.07, 6.45) is -3.78. The van der Waals surface area contributed by atoms with Crippen LogP contribution >= 0.6 is 0 Å². The second-order valence-corrected chi connectivity index (χ2v) is 5.72. The van der Waals surface area contributed by atoms with Crippen LogP contribution < -0.4 is 10.6 Å². The molecule has 130 valence electrons. The van der Waals surface area contributed by atoms with Gasteiger partial charge in [0.2, 0.25) is 5.91 Å². The molecule has 1 rings (SSSR count). The average molecular weight is 332 g/mol. The fourth-order valence-corrected chi connectivity index (χ4v) is 2.12.